The Hall–Kier alpha value is -5.74. The molecule has 6 aromatic carbocycles. The molecule has 0 aromatic heterocycles. The van der Waals surface area contributed by atoms with Gasteiger partial charge in [-0.1, -0.05) is 195 Å². The molecular weight excluding hydrogens is 661 g/mol. The molecule has 1 aliphatic carbocycles. The van der Waals surface area contributed by atoms with E-state index in [1.165, 1.54) is 0 Å². The Balaban J connectivity index is 1.08. The molecule has 54 heavy (non-hydrogen) atoms. The maximum atomic E-state index is 14.0. The van der Waals surface area contributed by atoms with E-state index in [1.54, 1.807) is 0 Å². The van der Waals surface area contributed by atoms with Crippen molar-refractivity contribution in [3.05, 3.63) is 215 Å². The standard InChI is InChI=1S/C50H50N2O2/c53-47(35-37-49(39-21-7-1-8-22-39,40-23-9-2-10-24-40)41-25-11-3-12-26-41)51-45-33-19-20-34-46(45)52-48(54)36-38-50(42-27-13-4-14-28-42,43-29-15-5-16-30-43)44-31-17-6-18-32-44/h1-18,21-32,45-46H,19-20,33-38H2,(H,51,53)(H,52,54)/t45-,46-/m1/s1. The fourth-order valence-electron chi connectivity index (χ4n) is 8.84. The minimum Gasteiger partial charge on any atom is -0.351 e. The lowest BCUT2D eigenvalue weighted by Crippen LogP contribution is -2.53. The van der Waals surface area contributed by atoms with Crippen LogP contribution >= 0.6 is 0 Å². The van der Waals surface area contributed by atoms with E-state index in [9.17, 15) is 9.59 Å². The van der Waals surface area contributed by atoms with Gasteiger partial charge in [0, 0.05) is 35.8 Å². The molecule has 1 saturated carbocycles. The highest BCUT2D eigenvalue weighted by atomic mass is 16.2. The van der Waals surface area contributed by atoms with Crippen molar-refractivity contribution in [2.45, 2.75) is 74.3 Å². The summed E-state index contributed by atoms with van der Waals surface area (Å²) in [7, 11) is 0. The molecule has 2 amide bonds. The molecule has 0 aliphatic heterocycles. The number of rotatable bonds is 14. The first-order valence-corrected chi connectivity index (χ1v) is 19.5. The summed E-state index contributed by atoms with van der Waals surface area (Å²) in [6.07, 6.45) is 5.67. The van der Waals surface area contributed by atoms with E-state index in [0.29, 0.717) is 25.7 Å². The van der Waals surface area contributed by atoms with Crippen molar-refractivity contribution in [3.8, 4) is 0 Å². The quantitative estimate of drug-likeness (QED) is 0.111. The summed E-state index contributed by atoms with van der Waals surface area (Å²) in [6, 6.07) is 63.0. The molecule has 1 fully saturated rings. The smallest absolute Gasteiger partial charge is 0.220 e. The predicted molar refractivity (Wildman–Crippen MR) is 219 cm³/mol. The molecule has 4 heteroatoms. The van der Waals surface area contributed by atoms with Crippen molar-refractivity contribution in [3.63, 3.8) is 0 Å². The number of hydrogen-bond donors (Lipinski definition) is 2. The molecule has 2 N–H and O–H groups in total. The van der Waals surface area contributed by atoms with Gasteiger partial charge in [-0.3, -0.25) is 9.59 Å². The maximum absolute atomic E-state index is 14.0. The molecule has 0 spiro atoms. The predicted octanol–water partition coefficient (Wildman–Crippen LogP) is 10.2. The van der Waals surface area contributed by atoms with Crippen LogP contribution < -0.4 is 10.6 Å². The number of amides is 2. The minimum atomic E-state index is -0.496. The Morgan fingerprint density at radius 3 is 0.833 bits per heavy atom. The zero-order valence-corrected chi connectivity index (χ0v) is 30.9. The highest BCUT2D eigenvalue weighted by Crippen LogP contribution is 2.44. The fraction of sp³-hybridized carbons (Fsp3) is 0.240. The van der Waals surface area contributed by atoms with Gasteiger partial charge in [0.2, 0.25) is 11.8 Å². The average Bonchev–Trinajstić information content (AvgIpc) is 3.24. The maximum Gasteiger partial charge on any atom is 0.220 e. The summed E-state index contributed by atoms with van der Waals surface area (Å²) in [5.74, 6) is 0.0362. The van der Waals surface area contributed by atoms with Crippen molar-refractivity contribution >= 4 is 11.8 Å². The fourth-order valence-corrected chi connectivity index (χ4v) is 8.84. The second-order valence-electron chi connectivity index (χ2n) is 14.6. The first kappa shape index (κ1) is 36.6. The van der Waals surface area contributed by atoms with Gasteiger partial charge >= 0.3 is 0 Å². The molecule has 0 heterocycles. The second-order valence-corrected chi connectivity index (χ2v) is 14.6. The molecule has 2 atom stereocenters. The average molecular weight is 711 g/mol. The Bertz CT molecular complexity index is 1710. The Morgan fingerprint density at radius 2 is 0.611 bits per heavy atom. The topological polar surface area (TPSA) is 58.2 Å². The van der Waals surface area contributed by atoms with Crippen molar-refractivity contribution < 1.29 is 9.59 Å². The molecule has 1 aliphatic rings. The van der Waals surface area contributed by atoms with Crippen LogP contribution in [-0.2, 0) is 20.4 Å². The number of carbonyl (C=O) groups is 2. The van der Waals surface area contributed by atoms with Crippen LogP contribution in [-0.4, -0.2) is 23.9 Å². The summed E-state index contributed by atoms with van der Waals surface area (Å²) in [4.78, 5) is 28.0. The van der Waals surface area contributed by atoms with Crippen LogP contribution in [0.3, 0.4) is 0 Å². The number of benzene rings is 6. The second kappa shape index (κ2) is 17.4. The van der Waals surface area contributed by atoms with E-state index in [-0.39, 0.29) is 23.9 Å². The lowest BCUT2D eigenvalue weighted by atomic mass is 9.66. The van der Waals surface area contributed by atoms with Crippen molar-refractivity contribution in [1.29, 1.82) is 0 Å². The third-order valence-electron chi connectivity index (χ3n) is 11.5. The highest BCUT2D eigenvalue weighted by Gasteiger charge is 2.39. The number of carbonyl (C=O) groups excluding carboxylic acids is 2. The molecule has 6 aromatic rings. The lowest BCUT2D eigenvalue weighted by molar-refractivity contribution is -0.125. The zero-order valence-electron chi connectivity index (χ0n) is 30.9. The van der Waals surface area contributed by atoms with E-state index in [4.69, 9.17) is 0 Å². The molecule has 4 nitrogen and oxygen atoms in total. The van der Waals surface area contributed by atoms with Gasteiger partial charge in [-0.2, -0.15) is 0 Å². The third kappa shape index (κ3) is 7.94. The first-order valence-electron chi connectivity index (χ1n) is 19.5. The summed E-state index contributed by atoms with van der Waals surface area (Å²) in [5, 5.41) is 6.80. The van der Waals surface area contributed by atoms with Gasteiger partial charge in [0.25, 0.3) is 0 Å². The van der Waals surface area contributed by atoms with Gasteiger partial charge in [0.05, 0.1) is 0 Å². The largest absolute Gasteiger partial charge is 0.351 e. The van der Waals surface area contributed by atoms with Gasteiger partial charge in [0.15, 0.2) is 0 Å². The van der Waals surface area contributed by atoms with Crippen LogP contribution in [0.25, 0.3) is 0 Å². The zero-order chi connectivity index (χ0) is 37.1. The summed E-state index contributed by atoms with van der Waals surface area (Å²) >= 11 is 0. The van der Waals surface area contributed by atoms with Crippen LogP contribution in [0.15, 0.2) is 182 Å². The molecule has 272 valence electrons. The molecule has 0 bridgehead atoms. The molecule has 0 radical (unpaired) electrons. The van der Waals surface area contributed by atoms with Crippen molar-refractivity contribution in [1.82, 2.24) is 10.6 Å². The Labute approximate surface area is 320 Å². The van der Waals surface area contributed by atoms with E-state index in [0.717, 1.165) is 59.1 Å². The van der Waals surface area contributed by atoms with Crippen LogP contribution in [0.5, 0.6) is 0 Å². The monoisotopic (exact) mass is 710 g/mol. The van der Waals surface area contributed by atoms with E-state index < -0.39 is 10.8 Å². The van der Waals surface area contributed by atoms with Crippen molar-refractivity contribution in [2.24, 2.45) is 0 Å². The van der Waals surface area contributed by atoms with Crippen molar-refractivity contribution in [2.75, 3.05) is 0 Å². The molecule has 0 saturated heterocycles. The summed E-state index contributed by atoms with van der Waals surface area (Å²) in [5.41, 5.74) is 5.98. The molecular formula is C50H50N2O2. The van der Waals surface area contributed by atoms with Gasteiger partial charge < -0.3 is 10.6 Å². The lowest BCUT2D eigenvalue weighted by Gasteiger charge is -2.37. The van der Waals surface area contributed by atoms with Gasteiger partial charge in [-0.05, 0) is 59.1 Å². The highest BCUT2D eigenvalue weighted by molar-refractivity contribution is 5.78. The summed E-state index contributed by atoms with van der Waals surface area (Å²) < 4.78 is 0. The van der Waals surface area contributed by atoms with Crippen LogP contribution in [0, 0.1) is 0 Å². The molecule has 7 rings (SSSR count). The van der Waals surface area contributed by atoms with Crippen LogP contribution in [0.2, 0.25) is 0 Å². The van der Waals surface area contributed by atoms with Crippen LogP contribution in [0.4, 0.5) is 0 Å². The van der Waals surface area contributed by atoms with Crippen LogP contribution in [0.1, 0.15) is 84.7 Å². The molecule has 0 unspecified atom stereocenters. The minimum absolute atomic E-state index is 0.0181. The number of hydrogen-bond acceptors (Lipinski definition) is 2. The van der Waals surface area contributed by atoms with E-state index >= 15 is 0 Å². The third-order valence-corrected chi connectivity index (χ3v) is 11.5. The number of nitrogens with one attached hydrogen (secondary N) is 2. The van der Waals surface area contributed by atoms with Gasteiger partial charge in [-0.25, -0.2) is 0 Å². The Kier molecular flexibility index (Phi) is 11.8. The first-order chi connectivity index (χ1) is 26.6. The summed E-state index contributed by atoms with van der Waals surface area (Å²) in [6.45, 7) is 0. The normalized spacial score (nSPS) is 15.9. The van der Waals surface area contributed by atoms with Gasteiger partial charge in [-0.15, -0.1) is 0 Å². The van der Waals surface area contributed by atoms with Gasteiger partial charge in [0.1, 0.15) is 0 Å². The SMILES string of the molecule is O=C(CCC(c1ccccc1)(c1ccccc1)c1ccccc1)N[C@@H]1CCCC[C@H]1NC(=O)CCC(c1ccccc1)(c1ccccc1)c1ccccc1. The van der Waals surface area contributed by atoms with E-state index in [1.807, 2.05) is 36.4 Å². The van der Waals surface area contributed by atoms with E-state index in [2.05, 4.69) is 156 Å². The Morgan fingerprint density at radius 1 is 0.389 bits per heavy atom.